The Bertz CT molecular complexity index is 711. The van der Waals surface area contributed by atoms with Gasteiger partial charge in [0.05, 0.1) is 6.04 Å². The SMILES string of the molecule is CN(C)CCC1(c2ccc(N3C(=O)[C@@H]4CCCN4C3C(N)=O)cc2)CC1. The second kappa shape index (κ2) is 6.35. The monoisotopic (exact) mass is 356 g/mol. The first-order valence-electron chi connectivity index (χ1n) is 9.56. The first-order chi connectivity index (χ1) is 12.4. The van der Waals surface area contributed by atoms with Crippen LogP contribution in [0.1, 0.15) is 37.7 Å². The molecule has 1 aromatic carbocycles. The summed E-state index contributed by atoms with van der Waals surface area (Å²) < 4.78 is 0. The van der Waals surface area contributed by atoms with E-state index in [-0.39, 0.29) is 11.9 Å². The highest BCUT2D eigenvalue weighted by Crippen LogP contribution is 2.51. The van der Waals surface area contributed by atoms with Crippen LogP contribution in [0, 0.1) is 0 Å². The molecule has 26 heavy (non-hydrogen) atoms. The molecule has 2 amide bonds. The van der Waals surface area contributed by atoms with E-state index in [1.807, 2.05) is 17.0 Å². The number of rotatable bonds is 6. The smallest absolute Gasteiger partial charge is 0.255 e. The van der Waals surface area contributed by atoms with E-state index in [1.165, 1.54) is 18.4 Å². The van der Waals surface area contributed by atoms with Gasteiger partial charge in [0.2, 0.25) is 5.91 Å². The van der Waals surface area contributed by atoms with Gasteiger partial charge in [-0.2, -0.15) is 0 Å². The van der Waals surface area contributed by atoms with Gasteiger partial charge in [0, 0.05) is 12.2 Å². The van der Waals surface area contributed by atoms with Gasteiger partial charge in [-0.1, -0.05) is 12.1 Å². The summed E-state index contributed by atoms with van der Waals surface area (Å²) >= 11 is 0. The van der Waals surface area contributed by atoms with E-state index in [0.717, 1.165) is 38.0 Å². The number of hydrogen-bond donors (Lipinski definition) is 1. The standard InChI is InChI=1S/C20H28N4O2/c1-22(2)13-11-20(9-10-20)14-5-7-15(8-6-14)24-18(17(21)25)23-12-3-4-16(23)19(24)26/h5-8,16,18H,3-4,9-13H2,1-2H3,(H2,21,25)/t16-,18?/m0/s1. The van der Waals surface area contributed by atoms with Gasteiger partial charge in [-0.3, -0.25) is 19.4 Å². The van der Waals surface area contributed by atoms with E-state index in [0.29, 0.717) is 5.41 Å². The Morgan fingerprint density at radius 2 is 1.96 bits per heavy atom. The van der Waals surface area contributed by atoms with Gasteiger partial charge >= 0.3 is 0 Å². The van der Waals surface area contributed by atoms with Crippen LogP contribution < -0.4 is 10.6 Å². The van der Waals surface area contributed by atoms with Crippen LogP contribution in [0.25, 0.3) is 0 Å². The van der Waals surface area contributed by atoms with Crippen molar-refractivity contribution < 1.29 is 9.59 Å². The van der Waals surface area contributed by atoms with Crippen molar-refractivity contribution in [1.82, 2.24) is 9.80 Å². The molecule has 1 saturated carbocycles. The fourth-order valence-electron chi connectivity index (χ4n) is 4.58. The summed E-state index contributed by atoms with van der Waals surface area (Å²) in [4.78, 5) is 30.7. The average molecular weight is 356 g/mol. The molecule has 1 unspecified atom stereocenters. The lowest BCUT2D eigenvalue weighted by atomic mass is 9.92. The lowest BCUT2D eigenvalue weighted by Gasteiger charge is -2.27. The van der Waals surface area contributed by atoms with E-state index in [2.05, 4.69) is 31.1 Å². The third-order valence-corrected chi connectivity index (χ3v) is 6.28. The molecule has 2 saturated heterocycles. The van der Waals surface area contributed by atoms with Gasteiger partial charge in [0.25, 0.3) is 5.91 Å². The van der Waals surface area contributed by atoms with Crippen LogP contribution in [0.3, 0.4) is 0 Å². The molecule has 2 aliphatic heterocycles. The summed E-state index contributed by atoms with van der Waals surface area (Å²) in [5, 5.41) is 0. The van der Waals surface area contributed by atoms with Crippen molar-refractivity contribution in [2.45, 2.75) is 49.7 Å². The summed E-state index contributed by atoms with van der Waals surface area (Å²) in [6, 6.07) is 8.05. The van der Waals surface area contributed by atoms with Crippen molar-refractivity contribution in [1.29, 1.82) is 0 Å². The van der Waals surface area contributed by atoms with Crippen molar-refractivity contribution in [2.24, 2.45) is 5.73 Å². The molecule has 0 spiro atoms. The van der Waals surface area contributed by atoms with Gasteiger partial charge in [-0.25, -0.2) is 0 Å². The minimum Gasteiger partial charge on any atom is -0.367 e. The number of amides is 2. The molecule has 2 atom stereocenters. The zero-order valence-corrected chi connectivity index (χ0v) is 15.6. The average Bonchev–Trinajstić information content (AvgIpc) is 3.15. The number of nitrogens with two attached hydrogens (primary N) is 1. The van der Waals surface area contributed by atoms with E-state index in [4.69, 9.17) is 5.73 Å². The van der Waals surface area contributed by atoms with E-state index >= 15 is 0 Å². The van der Waals surface area contributed by atoms with E-state index in [9.17, 15) is 9.59 Å². The Morgan fingerprint density at radius 1 is 1.27 bits per heavy atom. The number of nitrogens with zero attached hydrogens (tertiary/aromatic N) is 3. The Morgan fingerprint density at radius 3 is 2.54 bits per heavy atom. The van der Waals surface area contributed by atoms with Crippen molar-refractivity contribution in [2.75, 3.05) is 32.1 Å². The highest BCUT2D eigenvalue weighted by atomic mass is 16.2. The summed E-state index contributed by atoms with van der Waals surface area (Å²) in [5.41, 5.74) is 8.05. The van der Waals surface area contributed by atoms with Crippen LogP contribution >= 0.6 is 0 Å². The maximum Gasteiger partial charge on any atom is 0.255 e. The van der Waals surface area contributed by atoms with Crippen molar-refractivity contribution in [3.8, 4) is 0 Å². The number of hydrogen-bond acceptors (Lipinski definition) is 4. The molecule has 3 fully saturated rings. The highest BCUT2D eigenvalue weighted by Gasteiger charge is 2.51. The summed E-state index contributed by atoms with van der Waals surface area (Å²) in [5.74, 6) is -0.440. The Labute approximate surface area is 154 Å². The number of fused-ring (bicyclic) bond motifs is 1. The molecule has 4 rings (SSSR count). The van der Waals surface area contributed by atoms with E-state index in [1.54, 1.807) is 4.90 Å². The molecule has 3 aliphatic rings. The molecular weight excluding hydrogens is 328 g/mol. The molecule has 0 aromatic heterocycles. The minimum atomic E-state index is -0.649. The highest BCUT2D eigenvalue weighted by molar-refractivity contribution is 6.06. The quantitative estimate of drug-likeness (QED) is 0.834. The van der Waals surface area contributed by atoms with Gasteiger partial charge in [0.1, 0.15) is 0 Å². The maximum absolute atomic E-state index is 12.8. The third-order valence-electron chi connectivity index (χ3n) is 6.28. The van der Waals surface area contributed by atoms with Crippen LogP contribution in [0.5, 0.6) is 0 Å². The number of primary amides is 1. The van der Waals surface area contributed by atoms with Crippen molar-refractivity contribution >= 4 is 17.5 Å². The lowest BCUT2D eigenvalue weighted by molar-refractivity contribution is -0.122. The molecule has 6 heteroatoms. The molecule has 1 aliphatic carbocycles. The topological polar surface area (TPSA) is 69.9 Å². The second-order valence-electron chi connectivity index (χ2n) is 8.26. The van der Waals surface area contributed by atoms with Crippen LogP contribution in [-0.2, 0) is 15.0 Å². The normalized spacial score (nSPS) is 27.2. The third kappa shape index (κ3) is 2.81. The summed E-state index contributed by atoms with van der Waals surface area (Å²) in [7, 11) is 4.21. The fourth-order valence-corrected chi connectivity index (χ4v) is 4.58. The zero-order chi connectivity index (χ0) is 18.5. The van der Waals surface area contributed by atoms with Crippen molar-refractivity contribution in [3.05, 3.63) is 29.8 Å². The number of benzene rings is 1. The largest absolute Gasteiger partial charge is 0.367 e. The van der Waals surface area contributed by atoms with Gasteiger partial charge < -0.3 is 10.6 Å². The number of anilines is 1. The molecule has 140 valence electrons. The number of carbonyl (C=O) groups is 2. The van der Waals surface area contributed by atoms with Gasteiger partial charge in [-0.05, 0) is 75.9 Å². The van der Waals surface area contributed by atoms with Gasteiger partial charge in [-0.15, -0.1) is 0 Å². The number of carbonyl (C=O) groups excluding carboxylic acids is 2. The van der Waals surface area contributed by atoms with Crippen LogP contribution in [0.15, 0.2) is 24.3 Å². The molecule has 2 N–H and O–H groups in total. The first-order valence-corrected chi connectivity index (χ1v) is 9.56. The maximum atomic E-state index is 12.8. The zero-order valence-electron chi connectivity index (χ0n) is 15.6. The predicted molar refractivity (Wildman–Crippen MR) is 101 cm³/mol. The molecule has 6 nitrogen and oxygen atoms in total. The Hall–Kier alpha value is -1.92. The summed E-state index contributed by atoms with van der Waals surface area (Å²) in [6.45, 7) is 1.83. The van der Waals surface area contributed by atoms with Crippen LogP contribution in [-0.4, -0.2) is 61.0 Å². The van der Waals surface area contributed by atoms with Crippen LogP contribution in [0.2, 0.25) is 0 Å². The summed E-state index contributed by atoms with van der Waals surface area (Å²) in [6.07, 6.45) is 4.71. The predicted octanol–water partition coefficient (Wildman–Crippen LogP) is 1.29. The molecular formula is C20H28N4O2. The molecule has 1 aromatic rings. The molecule has 2 heterocycles. The Balaban J connectivity index is 1.57. The van der Waals surface area contributed by atoms with Crippen molar-refractivity contribution in [3.63, 3.8) is 0 Å². The van der Waals surface area contributed by atoms with E-state index < -0.39 is 12.1 Å². The second-order valence-corrected chi connectivity index (χ2v) is 8.26. The van der Waals surface area contributed by atoms with Gasteiger partial charge in [0.15, 0.2) is 6.17 Å². The Kier molecular flexibility index (Phi) is 4.28. The fraction of sp³-hybridized carbons (Fsp3) is 0.600. The molecule has 0 bridgehead atoms. The first kappa shape index (κ1) is 17.5. The lowest BCUT2D eigenvalue weighted by Crippen LogP contribution is -2.49. The minimum absolute atomic E-state index is 0.00722. The van der Waals surface area contributed by atoms with Crippen LogP contribution in [0.4, 0.5) is 5.69 Å². The molecule has 0 radical (unpaired) electrons.